The average molecular weight is 437 g/mol. The first-order valence-corrected chi connectivity index (χ1v) is 10.9. The highest BCUT2D eigenvalue weighted by molar-refractivity contribution is 5.80. The summed E-state index contributed by atoms with van der Waals surface area (Å²) in [7, 11) is 1.65. The number of H-pyrrole nitrogens is 1. The molecule has 0 radical (unpaired) electrons. The fraction of sp³-hybridized carbons (Fsp3) is 0.375. The Bertz CT molecular complexity index is 1210. The number of ether oxygens (including phenoxy) is 1. The van der Waals surface area contributed by atoms with Crippen molar-refractivity contribution in [3.05, 3.63) is 74.8 Å². The molecule has 0 aliphatic carbocycles. The Balaban J connectivity index is 1.44. The number of aromatic nitrogens is 2. The minimum absolute atomic E-state index is 0.0146. The van der Waals surface area contributed by atoms with E-state index in [0.717, 1.165) is 37.2 Å². The van der Waals surface area contributed by atoms with Crippen LogP contribution < -0.4 is 21.2 Å². The number of hydrogen-bond donors (Lipinski definition) is 2. The highest BCUT2D eigenvalue weighted by Gasteiger charge is 2.26. The van der Waals surface area contributed by atoms with Crippen LogP contribution >= 0.6 is 0 Å². The van der Waals surface area contributed by atoms with Crippen LogP contribution in [0.1, 0.15) is 30.9 Å². The number of carbonyl (C=O) groups excluding carboxylic acids is 1. The van der Waals surface area contributed by atoms with E-state index in [-0.39, 0.29) is 36.0 Å². The van der Waals surface area contributed by atoms with Gasteiger partial charge < -0.3 is 10.1 Å². The SMILES string of the molecule is COc1ccccc1C(CNC(=O)CCn1[nH]c(=O)c2ccccc2c1=O)N1CCCC1. The number of amides is 1. The van der Waals surface area contributed by atoms with Gasteiger partial charge in [-0.2, -0.15) is 0 Å². The van der Waals surface area contributed by atoms with E-state index in [1.165, 1.54) is 4.68 Å². The first-order valence-electron chi connectivity index (χ1n) is 10.9. The Kier molecular flexibility index (Phi) is 6.70. The molecular formula is C24H28N4O4. The maximum absolute atomic E-state index is 12.6. The van der Waals surface area contributed by atoms with E-state index >= 15 is 0 Å². The maximum Gasteiger partial charge on any atom is 0.273 e. The minimum Gasteiger partial charge on any atom is -0.496 e. The topological polar surface area (TPSA) is 96.4 Å². The summed E-state index contributed by atoms with van der Waals surface area (Å²) in [6.07, 6.45) is 2.36. The molecule has 8 nitrogen and oxygen atoms in total. The van der Waals surface area contributed by atoms with Crippen LogP contribution in [0.5, 0.6) is 5.75 Å². The number of benzene rings is 2. The molecule has 2 aromatic carbocycles. The highest BCUT2D eigenvalue weighted by atomic mass is 16.5. The lowest BCUT2D eigenvalue weighted by Crippen LogP contribution is -2.38. The number of nitrogens with one attached hydrogen (secondary N) is 2. The number of nitrogens with zero attached hydrogens (tertiary/aromatic N) is 2. The van der Waals surface area contributed by atoms with Gasteiger partial charge in [0.25, 0.3) is 11.1 Å². The van der Waals surface area contributed by atoms with Gasteiger partial charge in [0.05, 0.1) is 30.5 Å². The Morgan fingerprint density at radius 3 is 2.50 bits per heavy atom. The Labute approximate surface area is 185 Å². The molecule has 1 aliphatic heterocycles. The molecule has 1 saturated heterocycles. The molecule has 0 saturated carbocycles. The highest BCUT2D eigenvalue weighted by Crippen LogP contribution is 2.31. The average Bonchev–Trinajstić information content (AvgIpc) is 3.35. The summed E-state index contributed by atoms with van der Waals surface area (Å²) < 4.78 is 6.76. The number of aryl methyl sites for hydroxylation is 1. The quantitative estimate of drug-likeness (QED) is 0.563. The monoisotopic (exact) mass is 436 g/mol. The van der Waals surface area contributed by atoms with Crippen molar-refractivity contribution in [1.29, 1.82) is 0 Å². The normalized spacial score (nSPS) is 15.0. The summed E-state index contributed by atoms with van der Waals surface area (Å²) in [6.45, 7) is 2.51. The van der Waals surface area contributed by atoms with E-state index in [1.54, 1.807) is 31.4 Å². The molecule has 1 amide bonds. The summed E-state index contributed by atoms with van der Waals surface area (Å²) in [5.74, 6) is 0.629. The molecule has 168 valence electrons. The Morgan fingerprint density at radius 2 is 1.75 bits per heavy atom. The Hall–Kier alpha value is -3.39. The fourth-order valence-electron chi connectivity index (χ4n) is 4.35. The van der Waals surface area contributed by atoms with Crippen molar-refractivity contribution in [3.63, 3.8) is 0 Å². The van der Waals surface area contributed by atoms with Crippen molar-refractivity contribution < 1.29 is 9.53 Å². The van der Waals surface area contributed by atoms with E-state index in [2.05, 4.69) is 15.3 Å². The van der Waals surface area contributed by atoms with Gasteiger partial charge in [0, 0.05) is 18.5 Å². The number of rotatable bonds is 8. The molecule has 2 N–H and O–H groups in total. The minimum atomic E-state index is -0.342. The van der Waals surface area contributed by atoms with Crippen molar-refractivity contribution in [2.24, 2.45) is 0 Å². The van der Waals surface area contributed by atoms with Crippen LogP contribution in [0.4, 0.5) is 0 Å². The van der Waals surface area contributed by atoms with Crippen molar-refractivity contribution in [1.82, 2.24) is 20.0 Å². The second kappa shape index (κ2) is 9.82. The number of hydrogen-bond acceptors (Lipinski definition) is 5. The van der Waals surface area contributed by atoms with Crippen LogP contribution in [0.15, 0.2) is 58.1 Å². The lowest BCUT2D eigenvalue weighted by Gasteiger charge is -2.29. The van der Waals surface area contributed by atoms with Gasteiger partial charge in [0.1, 0.15) is 5.75 Å². The van der Waals surface area contributed by atoms with Crippen molar-refractivity contribution in [3.8, 4) is 5.75 Å². The van der Waals surface area contributed by atoms with E-state index in [9.17, 15) is 14.4 Å². The summed E-state index contributed by atoms with van der Waals surface area (Å²) in [5, 5.41) is 6.28. The number of fused-ring (bicyclic) bond motifs is 1. The molecule has 0 spiro atoms. The maximum atomic E-state index is 12.6. The molecule has 1 atom stereocenters. The first-order chi connectivity index (χ1) is 15.6. The van der Waals surface area contributed by atoms with Crippen LogP contribution in [0.25, 0.3) is 10.8 Å². The third-order valence-corrected chi connectivity index (χ3v) is 6.02. The predicted molar refractivity (Wildman–Crippen MR) is 123 cm³/mol. The van der Waals surface area contributed by atoms with Crippen molar-refractivity contribution in [2.45, 2.75) is 31.8 Å². The van der Waals surface area contributed by atoms with Crippen LogP contribution in [-0.4, -0.2) is 47.3 Å². The number of para-hydroxylation sites is 1. The lowest BCUT2D eigenvalue weighted by molar-refractivity contribution is -0.121. The van der Waals surface area contributed by atoms with Gasteiger partial charge in [-0.05, 0) is 44.1 Å². The van der Waals surface area contributed by atoms with E-state index in [4.69, 9.17) is 4.74 Å². The molecule has 1 aromatic heterocycles. The summed E-state index contributed by atoms with van der Waals surface area (Å²) >= 11 is 0. The molecule has 1 aliphatic rings. The van der Waals surface area contributed by atoms with E-state index in [1.807, 2.05) is 24.3 Å². The number of methoxy groups -OCH3 is 1. The third kappa shape index (κ3) is 4.60. The molecule has 1 fully saturated rings. The zero-order valence-electron chi connectivity index (χ0n) is 18.2. The zero-order chi connectivity index (χ0) is 22.5. The number of carbonyl (C=O) groups is 1. The van der Waals surface area contributed by atoms with Gasteiger partial charge in [-0.15, -0.1) is 0 Å². The van der Waals surface area contributed by atoms with Gasteiger partial charge in [0.2, 0.25) is 5.91 Å². The number of aromatic amines is 1. The fourth-order valence-corrected chi connectivity index (χ4v) is 4.35. The molecule has 1 unspecified atom stereocenters. The summed E-state index contributed by atoms with van der Waals surface area (Å²) in [4.78, 5) is 39.8. The van der Waals surface area contributed by atoms with Crippen LogP contribution in [0.3, 0.4) is 0 Å². The lowest BCUT2D eigenvalue weighted by atomic mass is 10.0. The van der Waals surface area contributed by atoms with Gasteiger partial charge in [0.15, 0.2) is 0 Å². The Morgan fingerprint density at radius 1 is 1.06 bits per heavy atom. The molecule has 3 aromatic rings. The first kappa shape index (κ1) is 21.8. The van der Waals surface area contributed by atoms with Crippen molar-refractivity contribution in [2.75, 3.05) is 26.7 Å². The summed E-state index contributed by atoms with van der Waals surface area (Å²) in [6, 6.07) is 14.6. The van der Waals surface area contributed by atoms with Crippen LogP contribution in [-0.2, 0) is 11.3 Å². The molecule has 32 heavy (non-hydrogen) atoms. The third-order valence-electron chi connectivity index (χ3n) is 6.02. The van der Waals surface area contributed by atoms with E-state index in [0.29, 0.717) is 17.3 Å². The second-order valence-electron chi connectivity index (χ2n) is 8.00. The van der Waals surface area contributed by atoms with Gasteiger partial charge in [-0.1, -0.05) is 30.3 Å². The molecule has 0 bridgehead atoms. The molecular weight excluding hydrogens is 408 g/mol. The summed E-state index contributed by atoms with van der Waals surface area (Å²) in [5.41, 5.74) is 0.398. The van der Waals surface area contributed by atoms with Crippen LogP contribution in [0.2, 0.25) is 0 Å². The molecule has 4 rings (SSSR count). The van der Waals surface area contributed by atoms with E-state index < -0.39 is 0 Å². The largest absolute Gasteiger partial charge is 0.496 e. The van der Waals surface area contributed by atoms with Gasteiger partial charge in [-0.25, -0.2) is 4.68 Å². The van der Waals surface area contributed by atoms with Gasteiger partial charge >= 0.3 is 0 Å². The number of likely N-dealkylation sites (tertiary alicyclic amines) is 1. The molecule has 8 heteroatoms. The second-order valence-corrected chi connectivity index (χ2v) is 8.00. The molecule has 2 heterocycles. The predicted octanol–water partition coefficient (Wildman–Crippen LogP) is 2.04. The van der Waals surface area contributed by atoms with Crippen LogP contribution in [0, 0.1) is 0 Å². The zero-order valence-corrected chi connectivity index (χ0v) is 18.2. The van der Waals surface area contributed by atoms with Crippen molar-refractivity contribution >= 4 is 16.7 Å². The smallest absolute Gasteiger partial charge is 0.273 e. The standard InChI is InChI=1S/C24H28N4O4/c1-32-21-11-5-4-10-19(21)20(27-13-6-7-14-27)16-25-22(29)12-15-28-24(31)18-9-3-2-8-17(18)23(30)26-28/h2-5,8-11,20H,6-7,12-16H2,1H3,(H,25,29)(H,26,30). The van der Waals surface area contributed by atoms with Gasteiger partial charge in [-0.3, -0.25) is 24.4 Å².